The average molecular weight is 430 g/mol. The second-order valence-electron chi connectivity index (χ2n) is 7.24. The number of furan rings is 1. The molecule has 0 unspecified atom stereocenters. The molecule has 1 aromatic carbocycles. The number of esters is 1. The van der Waals surface area contributed by atoms with E-state index in [1.807, 2.05) is 0 Å². The molecule has 9 nitrogen and oxygen atoms in total. The van der Waals surface area contributed by atoms with Gasteiger partial charge in [-0.1, -0.05) is 0 Å². The van der Waals surface area contributed by atoms with E-state index in [4.69, 9.17) is 18.6 Å². The number of carbonyl (C=O) groups is 3. The van der Waals surface area contributed by atoms with Gasteiger partial charge in [-0.2, -0.15) is 0 Å². The summed E-state index contributed by atoms with van der Waals surface area (Å²) in [5.41, 5.74) is 0.456. The number of nitrogens with one attached hydrogen (secondary N) is 1. The second kappa shape index (κ2) is 10.0. The van der Waals surface area contributed by atoms with Crippen LogP contribution in [0.1, 0.15) is 30.3 Å². The largest absolute Gasteiger partial charge is 0.497 e. The number of ether oxygens (including phenoxy) is 3. The van der Waals surface area contributed by atoms with Crippen molar-refractivity contribution in [3.63, 3.8) is 0 Å². The van der Waals surface area contributed by atoms with Crippen molar-refractivity contribution >= 4 is 23.5 Å². The first-order valence-electron chi connectivity index (χ1n) is 9.98. The monoisotopic (exact) mass is 430 g/mol. The number of carbonyl (C=O) groups excluding carboxylic acids is 3. The van der Waals surface area contributed by atoms with Crippen molar-refractivity contribution in [1.82, 2.24) is 4.90 Å². The summed E-state index contributed by atoms with van der Waals surface area (Å²) in [5, 5.41) is 2.69. The first kappa shape index (κ1) is 22.2. The first-order valence-corrected chi connectivity index (χ1v) is 9.98. The van der Waals surface area contributed by atoms with Gasteiger partial charge in [-0.3, -0.25) is 14.4 Å². The fraction of sp³-hybridized carbons (Fsp3) is 0.409. The Morgan fingerprint density at radius 1 is 1.16 bits per heavy atom. The van der Waals surface area contributed by atoms with Gasteiger partial charge in [-0.15, -0.1) is 0 Å². The lowest BCUT2D eigenvalue weighted by Gasteiger charge is -2.31. The van der Waals surface area contributed by atoms with Gasteiger partial charge in [0.25, 0.3) is 11.8 Å². The molecule has 0 saturated carbocycles. The van der Waals surface area contributed by atoms with E-state index in [2.05, 4.69) is 5.32 Å². The fourth-order valence-corrected chi connectivity index (χ4v) is 3.36. The summed E-state index contributed by atoms with van der Waals surface area (Å²) >= 11 is 0. The number of methoxy groups -OCH3 is 2. The van der Waals surface area contributed by atoms with E-state index in [-0.39, 0.29) is 18.2 Å². The zero-order chi connectivity index (χ0) is 22.4. The van der Waals surface area contributed by atoms with Gasteiger partial charge < -0.3 is 28.8 Å². The molecule has 0 spiro atoms. The van der Waals surface area contributed by atoms with E-state index >= 15 is 0 Å². The predicted molar refractivity (Wildman–Crippen MR) is 111 cm³/mol. The van der Waals surface area contributed by atoms with Gasteiger partial charge in [0.2, 0.25) is 0 Å². The number of piperidine rings is 1. The third kappa shape index (κ3) is 5.56. The van der Waals surface area contributed by atoms with Crippen molar-refractivity contribution in [1.29, 1.82) is 0 Å². The Morgan fingerprint density at radius 2 is 1.87 bits per heavy atom. The highest BCUT2D eigenvalue weighted by atomic mass is 16.5. The van der Waals surface area contributed by atoms with Crippen molar-refractivity contribution in [3.05, 3.63) is 42.4 Å². The van der Waals surface area contributed by atoms with Crippen molar-refractivity contribution in [3.8, 4) is 11.5 Å². The van der Waals surface area contributed by atoms with Gasteiger partial charge in [-0.05, 0) is 31.9 Å². The smallest absolute Gasteiger partial charge is 0.311 e. The summed E-state index contributed by atoms with van der Waals surface area (Å²) < 4.78 is 20.9. The quantitative estimate of drug-likeness (QED) is 0.673. The third-order valence-electron chi connectivity index (χ3n) is 5.06. The molecule has 0 radical (unpaired) electrons. The summed E-state index contributed by atoms with van der Waals surface area (Å²) in [4.78, 5) is 39.2. The maximum Gasteiger partial charge on any atom is 0.311 e. The molecular weight excluding hydrogens is 404 g/mol. The van der Waals surface area contributed by atoms with Crippen molar-refractivity contribution < 1.29 is 33.0 Å². The summed E-state index contributed by atoms with van der Waals surface area (Å²) in [6.07, 6.45) is 1.67. The lowest BCUT2D eigenvalue weighted by atomic mass is 9.98. The Morgan fingerprint density at radius 3 is 2.48 bits per heavy atom. The van der Waals surface area contributed by atoms with Crippen LogP contribution >= 0.6 is 0 Å². The Bertz CT molecular complexity index is 904. The van der Waals surface area contributed by atoms with Crippen molar-refractivity contribution in [2.45, 2.75) is 25.9 Å². The van der Waals surface area contributed by atoms with Crippen LogP contribution < -0.4 is 14.8 Å². The summed E-state index contributed by atoms with van der Waals surface area (Å²) in [6, 6.07) is 8.17. The minimum Gasteiger partial charge on any atom is -0.497 e. The van der Waals surface area contributed by atoms with E-state index < -0.39 is 23.9 Å². The van der Waals surface area contributed by atoms with E-state index in [0.29, 0.717) is 36.6 Å². The number of rotatable bonds is 7. The predicted octanol–water partition coefficient (Wildman–Crippen LogP) is 2.72. The maximum absolute atomic E-state index is 12.6. The molecule has 9 heteroatoms. The first-order chi connectivity index (χ1) is 14.9. The van der Waals surface area contributed by atoms with Crippen molar-refractivity contribution in [2.24, 2.45) is 5.92 Å². The van der Waals surface area contributed by atoms with Gasteiger partial charge in [0.1, 0.15) is 11.5 Å². The molecule has 2 heterocycles. The molecule has 2 aromatic rings. The number of likely N-dealkylation sites (tertiary alicyclic amines) is 1. The van der Waals surface area contributed by atoms with Gasteiger partial charge in [0.05, 0.1) is 26.4 Å². The summed E-state index contributed by atoms with van der Waals surface area (Å²) in [6.45, 7) is 2.26. The average Bonchev–Trinajstić information content (AvgIpc) is 3.33. The molecule has 2 atom stereocenters. The minimum absolute atomic E-state index is 0.222. The van der Waals surface area contributed by atoms with Crippen LogP contribution in [0.2, 0.25) is 0 Å². The molecule has 3 rings (SSSR count). The Kier molecular flexibility index (Phi) is 7.17. The molecule has 1 aliphatic rings. The zero-order valence-electron chi connectivity index (χ0n) is 17.8. The number of benzene rings is 1. The number of anilines is 1. The molecule has 1 fully saturated rings. The molecular formula is C22H26N2O7. The fourth-order valence-electron chi connectivity index (χ4n) is 3.36. The van der Waals surface area contributed by atoms with Crippen LogP contribution in [0.25, 0.3) is 0 Å². The number of hydrogen-bond acceptors (Lipinski definition) is 7. The van der Waals surface area contributed by atoms with Crippen LogP contribution in [0.15, 0.2) is 41.0 Å². The molecule has 166 valence electrons. The minimum atomic E-state index is -1.01. The lowest BCUT2D eigenvalue weighted by molar-refractivity contribution is -0.158. The molecule has 31 heavy (non-hydrogen) atoms. The maximum atomic E-state index is 12.6. The molecule has 0 aliphatic carbocycles. The van der Waals surface area contributed by atoms with E-state index in [9.17, 15) is 14.4 Å². The summed E-state index contributed by atoms with van der Waals surface area (Å²) in [5.74, 6) is -0.494. The highest BCUT2D eigenvalue weighted by Crippen LogP contribution is 2.26. The van der Waals surface area contributed by atoms with E-state index in [0.717, 1.165) is 0 Å². The summed E-state index contributed by atoms with van der Waals surface area (Å²) in [7, 11) is 3.02. The normalized spacial score (nSPS) is 16.9. The van der Waals surface area contributed by atoms with Gasteiger partial charge >= 0.3 is 5.97 Å². The van der Waals surface area contributed by atoms with Crippen LogP contribution in [-0.2, 0) is 14.3 Å². The Labute approximate surface area is 180 Å². The number of nitrogens with zero attached hydrogens (tertiary/aromatic N) is 1. The number of amides is 2. The topological polar surface area (TPSA) is 107 Å². The highest BCUT2D eigenvalue weighted by molar-refractivity contribution is 5.95. The van der Waals surface area contributed by atoms with Crippen LogP contribution in [-0.4, -0.2) is 56.1 Å². The van der Waals surface area contributed by atoms with E-state index in [1.165, 1.54) is 27.4 Å². The Hall–Kier alpha value is -3.49. The molecule has 1 N–H and O–H groups in total. The van der Waals surface area contributed by atoms with Gasteiger partial charge in [0.15, 0.2) is 11.9 Å². The third-order valence-corrected chi connectivity index (χ3v) is 5.06. The van der Waals surface area contributed by atoms with Crippen LogP contribution in [0, 0.1) is 5.92 Å². The lowest BCUT2D eigenvalue weighted by Crippen LogP contribution is -2.44. The van der Waals surface area contributed by atoms with Gasteiger partial charge in [0, 0.05) is 37.0 Å². The van der Waals surface area contributed by atoms with Crippen LogP contribution in [0.5, 0.6) is 11.5 Å². The highest BCUT2D eigenvalue weighted by Gasteiger charge is 2.32. The molecule has 0 bridgehead atoms. The zero-order valence-corrected chi connectivity index (χ0v) is 17.8. The standard InChI is InChI=1S/C22H26N2O7/c1-14(20(25)23-16-10-17(28-2)12-18(11-16)29-3)31-22(27)15-6-4-8-24(13-15)21(26)19-7-5-9-30-19/h5,7,9-12,14-15H,4,6,8,13H2,1-3H3,(H,23,25)/t14-,15+/m1/s1. The second-order valence-corrected chi connectivity index (χ2v) is 7.24. The SMILES string of the molecule is COc1cc(NC(=O)[C@@H](C)OC(=O)[C@H]2CCCN(C(=O)c3ccco3)C2)cc(OC)c1. The molecule has 1 aromatic heterocycles. The van der Waals surface area contributed by atoms with Crippen LogP contribution in [0.3, 0.4) is 0 Å². The molecule has 1 saturated heterocycles. The Balaban J connectivity index is 1.57. The number of hydrogen-bond donors (Lipinski definition) is 1. The van der Waals surface area contributed by atoms with E-state index in [1.54, 1.807) is 35.2 Å². The molecule has 1 aliphatic heterocycles. The molecule has 2 amide bonds. The van der Waals surface area contributed by atoms with Gasteiger partial charge in [-0.25, -0.2) is 0 Å². The van der Waals surface area contributed by atoms with Crippen molar-refractivity contribution in [2.75, 3.05) is 32.6 Å². The van der Waals surface area contributed by atoms with Crippen LogP contribution in [0.4, 0.5) is 5.69 Å².